The Kier molecular flexibility index (Phi) is 4.78. The molecule has 0 bridgehead atoms. The lowest BCUT2D eigenvalue weighted by atomic mass is 10.1. The number of sulfone groups is 1. The molecular formula is C18H20N4O3S. The highest BCUT2D eigenvalue weighted by molar-refractivity contribution is 7.94. The molecule has 1 atom stereocenters. The summed E-state index contributed by atoms with van der Waals surface area (Å²) in [6, 6.07) is 6.42. The maximum absolute atomic E-state index is 12.3. The standard InChI is InChI=1S/C18H20N4O3S/c1-12-10-19-16(21-17(12)22(2)3)13-4-6-14(7-5-13)18(23)20-15-8-9-26(24,25)11-15/h4-10,15H,11H2,1-3H3,(H,20,23)/t15-/m0/s1. The molecule has 2 aromatic rings. The molecule has 136 valence electrons. The van der Waals surface area contributed by atoms with Gasteiger partial charge in [-0.3, -0.25) is 4.79 Å². The predicted molar refractivity (Wildman–Crippen MR) is 101 cm³/mol. The Morgan fingerprint density at radius 2 is 1.92 bits per heavy atom. The number of aryl methyl sites for hydroxylation is 1. The summed E-state index contributed by atoms with van der Waals surface area (Å²) in [6.07, 6.45) is 3.26. The summed E-state index contributed by atoms with van der Waals surface area (Å²) in [5.41, 5.74) is 2.23. The number of anilines is 1. The Morgan fingerprint density at radius 3 is 2.50 bits per heavy atom. The highest BCUT2D eigenvalue weighted by Crippen LogP contribution is 2.21. The number of hydrogen-bond acceptors (Lipinski definition) is 6. The van der Waals surface area contributed by atoms with E-state index < -0.39 is 15.9 Å². The summed E-state index contributed by atoms with van der Waals surface area (Å²) in [6.45, 7) is 1.95. The zero-order valence-corrected chi connectivity index (χ0v) is 15.6. The van der Waals surface area contributed by atoms with Gasteiger partial charge in [0.2, 0.25) is 0 Å². The van der Waals surface area contributed by atoms with Crippen LogP contribution in [0.5, 0.6) is 0 Å². The fourth-order valence-corrected chi connectivity index (χ4v) is 3.95. The first-order valence-corrected chi connectivity index (χ1v) is 9.80. The van der Waals surface area contributed by atoms with E-state index in [9.17, 15) is 13.2 Å². The van der Waals surface area contributed by atoms with Crippen molar-refractivity contribution in [2.24, 2.45) is 0 Å². The topological polar surface area (TPSA) is 92.3 Å². The molecule has 3 rings (SSSR count). The molecule has 1 amide bonds. The third kappa shape index (κ3) is 3.91. The molecule has 1 aromatic carbocycles. The number of carbonyl (C=O) groups is 1. The van der Waals surface area contributed by atoms with Gasteiger partial charge in [-0.05, 0) is 25.1 Å². The summed E-state index contributed by atoms with van der Waals surface area (Å²) in [4.78, 5) is 23.1. The average molecular weight is 372 g/mol. The Balaban J connectivity index is 1.75. The van der Waals surface area contributed by atoms with Crippen LogP contribution in [0.3, 0.4) is 0 Å². The highest BCUT2D eigenvalue weighted by Gasteiger charge is 2.23. The van der Waals surface area contributed by atoms with E-state index in [-0.39, 0.29) is 11.7 Å². The normalized spacial score (nSPS) is 17.9. The average Bonchev–Trinajstić information content (AvgIpc) is 2.93. The van der Waals surface area contributed by atoms with Crippen LogP contribution in [-0.4, -0.2) is 50.2 Å². The van der Waals surface area contributed by atoms with Gasteiger partial charge in [0.1, 0.15) is 5.82 Å². The van der Waals surface area contributed by atoms with E-state index in [1.165, 1.54) is 6.08 Å². The number of aromatic nitrogens is 2. The molecule has 1 aliphatic rings. The highest BCUT2D eigenvalue weighted by atomic mass is 32.2. The Morgan fingerprint density at radius 1 is 1.23 bits per heavy atom. The maximum Gasteiger partial charge on any atom is 0.251 e. The quantitative estimate of drug-likeness (QED) is 0.876. The van der Waals surface area contributed by atoms with Crippen LogP contribution in [-0.2, 0) is 9.84 Å². The van der Waals surface area contributed by atoms with E-state index in [1.54, 1.807) is 30.5 Å². The van der Waals surface area contributed by atoms with E-state index in [2.05, 4.69) is 15.3 Å². The molecular weight excluding hydrogens is 352 g/mol. The van der Waals surface area contributed by atoms with E-state index in [0.717, 1.165) is 22.4 Å². The molecule has 0 radical (unpaired) electrons. The van der Waals surface area contributed by atoms with Gasteiger partial charge in [0.05, 0.1) is 11.8 Å². The van der Waals surface area contributed by atoms with Crippen molar-refractivity contribution in [3.8, 4) is 11.4 Å². The van der Waals surface area contributed by atoms with Crippen LogP contribution >= 0.6 is 0 Å². The van der Waals surface area contributed by atoms with Gasteiger partial charge in [0.15, 0.2) is 15.7 Å². The molecule has 0 fully saturated rings. The van der Waals surface area contributed by atoms with Crippen LogP contribution < -0.4 is 10.2 Å². The van der Waals surface area contributed by atoms with Crippen LogP contribution in [0.2, 0.25) is 0 Å². The van der Waals surface area contributed by atoms with Crippen molar-refractivity contribution in [3.63, 3.8) is 0 Å². The van der Waals surface area contributed by atoms with E-state index >= 15 is 0 Å². The van der Waals surface area contributed by atoms with Crippen molar-refractivity contribution < 1.29 is 13.2 Å². The van der Waals surface area contributed by atoms with Crippen LogP contribution in [0.15, 0.2) is 41.9 Å². The number of amides is 1. The minimum absolute atomic E-state index is 0.0959. The van der Waals surface area contributed by atoms with Crippen molar-refractivity contribution in [2.75, 3.05) is 24.7 Å². The molecule has 1 aliphatic heterocycles. The molecule has 26 heavy (non-hydrogen) atoms. The number of carbonyl (C=O) groups excluding carboxylic acids is 1. The van der Waals surface area contributed by atoms with Gasteiger partial charge in [-0.25, -0.2) is 18.4 Å². The van der Waals surface area contributed by atoms with Crippen LogP contribution in [0.1, 0.15) is 15.9 Å². The molecule has 8 heteroatoms. The van der Waals surface area contributed by atoms with Gasteiger partial charge in [0, 0.05) is 42.4 Å². The van der Waals surface area contributed by atoms with Crippen LogP contribution in [0.4, 0.5) is 5.82 Å². The van der Waals surface area contributed by atoms with Gasteiger partial charge in [0.25, 0.3) is 5.91 Å². The number of rotatable bonds is 4. The van der Waals surface area contributed by atoms with Crippen LogP contribution in [0, 0.1) is 6.92 Å². The second-order valence-corrected chi connectivity index (χ2v) is 8.34. The van der Waals surface area contributed by atoms with E-state index in [4.69, 9.17) is 0 Å². The number of nitrogens with one attached hydrogen (secondary N) is 1. The van der Waals surface area contributed by atoms with Crippen molar-refractivity contribution in [1.29, 1.82) is 0 Å². The Labute approximate surface area is 152 Å². The fourth-order valence-electron chi connectivity index (χ4n) is 2.71. The summed E-state index contributed by atoms with van der Waals surface area (Å²) >= 11 is 0. The predicted octanol–water partition coefficient (Wildman–Crippen LogP) is 1.56. The summed E-state index contributed by atoms with van der Waals surface area (Å²) in [5, 5.41) is 3.84. The number of nitrogens with zero attached hydrogens (tertiary/aromatic N) is 3. The lowest BCUT2D eigenvalue weighted by Crippen LogP contribution is -2.35. The van der Waals surface area contributed by atoms with Gasteiger partial charge in [-0.15, -0.1) is 0 Å². The monoisotopic (exact) mass is 372 g/mol. The van der Waals surface area contributed by atoms with Gasteiger partial charge >= 0.3 is 0 Å². The van der Waals surface area contributed by atoms with Gasteiger partial charge in [-0.2, -0.15) is 0 Å². The molecule has 2 heterocycles. The van der Waals surface area contributed by atoms with Crippen molar-refractivity contribution in [3.05, 3.63) is 53.1 Å². The molecule has 0 saturated carbocycles. The summed E-state index contributed by atoms with van der Waals surface area (Å²) < 4.78 is 22.8. The van der Waals surface area contributed by atoms with Crippen molar-refractivity contribution in [2.45, 2.75) is 13.0 Å². The second kappa shape index (κ2) is 6.87. The largest absolute Gasteiger partial charge is 0.362 e. The summed E-state index contributed by atoms with van der Waals surface area (Å²) in [7, 11) is 0.645. The SMILES string of the molecule is Cc1cnc(-c2ccc(C(=O)N[C@H]3C=CS(=O)(=O)C3)cc2)nc1N(C)C. The second-order valence-electron chi connectivity index (χ2n) is 6.41. The minimum atomic E-state index is -3.20. The molecule has 1 aromatic heterocycles. The van der Waals surface area contributed by atoms with Crippen molar-refractivity contribution in [1.82, 2.24) is 15.3 Å². The third-order valence-corrected chi connectivity index (χ3v) is 5.42. The molecule has 1 N–H and O–H groups in total. The number of hydrogen-bond donors (Lipinski definition) is 1. The smallest absolute Gasteiger partial charge is 0.251 e. The van der Waals surface area contributed by atoms with Gasteiger partial charge in [-0.1, -0.05) is 12.1 Å². The Bertz CT molecular complexity index is 966. The first-order valence-electron chi connectivity index (χ1n) is 8.08. The van der Waals surface area contributed by atoms with E-state index in [0.29, 0.717) is 11.4 Å². The van der Waals surface area contributed by atoms with Crippen molar-refractivity contribution >= 4 is 21.6 Å². The Hall–Kier alpha value is -2.74. The first-order chi connectivity index (χ1) is 12.2. The lowest BCUT2D eigenvalue weighted by molar-refractivity contribution is 0.0947. The zero-order valence-electron chi connectivity index (χ0n) is 14.8. The molecule has 7 nitrogen and oxygen atoms in total. The molecule has 0 unspecified atom stereocenters. The van der Waals surface area contributed by atoms with E-state index in [1.807, 2.05) is 25.9 Å². The lowest BCUT2D eigenvalue weighted by Gasteiger charge is -2.15. The molecule has 0 saturated heterocycles. The molecule has 0 spiro atoms. The van der Waals surface area contributed by atoms with Gasteiger partial charge < -0.3 is 10.2 Å². The maximum atomic E-state index is 12.3. The third-order valence-electron chi connectivity index (χ3n) is 4.02. The van der Waals surface area contributed by atoms with Crippen LogP contribution in [0.25, 0.3) is 11.4 Å². The minimum Gasteiger partial charge on any atom is -0.362 e. The zero-order chi connectivity index (χ0) is 18.9. The number of benzene rings is 1. The molecule has 0 aliphatic carbocycles. The first kappa shape index (κ1) is 18.1. The fraction of sp³-hybridized carbons (Fsp3) is 0.278. The summed E-state index contributed by atoms with van der Waals surface area (Å²) in [5.74, 6) is 1.01.